The number of carbonyl (C=O) groups is 1. The molecular formula is C18H29NO2. The summed E-state index contributed by atoms with van der Waals surface area (Å²) in [6.45, 7) is 9.96. The number of hydrogen-bond donors (Lipinski definition) is 1. The molecule has 3 heteroatoms. The van der Waals surface area contributed by atoms with E-state index < -0.39 is 0 Å². The van der Waals surface area contributed by atoms with Gasteiger partial charge in [-0.1, -0.05) is 19.1 Å². The van der Waals surface area contributed by atoms with E-state index in [-0.39, 0.29) is 5.41 Å². The number of hydrogen-bond acceptors (Lipinski definition) is 2. The van der Waals surface area contributed by atoms with Gasteiger partial charge in [0, 0.05) is 6.54 Å². The fourth-order valence-corrected chi connectivity index (χ4v) is 5.66. The van der Waals surface area contributed by atoms with Gasteiger partial charge in [-0.3, -0.25) is 4.79 Å². The molecule has 0 spiro atoms. The molecule has 4 aliphatic carbocycles. The van der Waals surface area contributed by atoms with Gasteiger partial charge in [-0.05, 0) is 62.7 Å². The third kappa shape index (κ3) is 3.03. The van der Waals surface area contributed by atoms with Crippen LogP contribution in [0.4, 0.5) is 0 Å². The highest BCUT2D eigenvalue weighted by Crippen LogP contribution is 2.65. The maximum absolute atomic E-state index is 12.8. The highest BCUT2D eigenvalue weighted by molar-refractivity contribution is 5.83. The number of nitrogens with one attached hydrogen (secondary N) is 1. The van der Waals surface area contributed by atoms with Gasteiger partial charge < -0.3 is 10.1 Å². The van der Waals surface area contributed by atoms with Crippen LogP contribution in [-0.4, -0.2) is 25.7 Å². The molecule has 4 rings (SSSR count). The Kier molecular flexibility index (Phi) is 3.89. The van der Waals surface area contributed by atoms with Crippen molar-refractivity contribution >= 4 is 5.91 Å². The molecule has 0 aromatic rings. The number of carbonyl (C=O) groups excluding carboxylic acids is 1. The van der Waals surface area contributed by atoms with Crippen LogP contribution in [0, 0.1) is 22.7 Å². The average molecular weight is 291 g/mol. The minimum Gasteiger partial charge on any atom is -0.375 e. The summed E-state index contributed by atoms with van der Waals surface area (Å²) >= 11 is 0. The van der Waals surface area contributed by atoms with Crippen molar-refractivity contribution in [2.75, 3.05) is 19.8 Å². The smallest absolute Gasteiger partial charge is 0.226 e. The second-order valence-corrected chi connectivity index (χ2v) is 8.32. The SMILES string of the molecule is C=C(C)COCCNC(=O)C12CC3CC(CC(C)(C3)C1)C2. The predicted molar refractivity (Wildman–Crippen MR) is 83.9 cm³/mol. The minimum atomic E-state index is -0.0623. The molecule has 118 valence electrons. The van der Waals surface area contributed by atoms with Crippen LogP contribution in [0.3, 0.4) is 0 Å². The Morgan fingerprint density at radius 1 is 1.29 bits per heavy atom. The molecular weight excluding hydrogens is 262 g/mol. The summed E-state index contributed by atoms with van der Waals surface area (Å²) in [5.41, 5.74) is 1.39. The first-order valence-corrected chi connectivity index (χ1v) is 8.41. The van der Waals surface area contributed by atoms with Crippen molar-refractivity contribution < 1.29 is 9.53 Å². The van der Waals surface area contributed by atoms with Crippen LogP contribution < -0.4 is 5.32 Å². The summed E-state index contributed by atoms with van der Waals surface area (Å²) in [5, 5.41) is 3.14. The predicted octanol–water partition coefficient (Wildman–Crippen LogP) is 3.30. The summed E-state index contributed by atoms with van der Waals surface area (Å²) in [7, 11) is 0. The van der Waals surface area contributed by atoms with Crippen LogP contribution in [0.25, 0.3) is 0 Å². The van der Waals surface area contributed by atoms with Crippen LogP contribution in [0.15, 0.2) is 12.2 Å². The standard InChI is InChI=1S/C18H29NO2/c1-13(2)11-21-5-4-19-16(20)18-9-14-6-15(10-18)8-17(3,7-14)12-18/h14-15H,1,4-12H2,2-3H3,(H,19,20). The number of ether oxygens (including phenoxy) is 1. The van der Waals surface area contributed by atoms with Gasteiger partial charge in [0.05, 0.1) is 18.6 Å². The van der Waals surface area contributed by atoms with Gasteiger partial charge in [0.1, 0.15) is 0 Å². The van der Waals surface area contributed by atoms with E-state index in [1.165, 1.54) is 19.3 Å². The molecule has 0 aliphatic heterocycles. The van der Waals surface area contributed by atoms with Crippen molar-refractivity contribution in [1.29, 1.82) is 0 Å². The van der Waals surface area contributed by atoms with E-state index in [0.29, 0.717) is 31.1 Å². The maximum atomic E-state index is 12.8. The lowest BCUT2D eigenvalue weighted by atomic mass is 9.44. The Balaban J connectivity index is 1.54. The molecule has 4 fully saturated rings. The molecule has 0 heterocycles. The van der Waals surface area contributed by atoms with Crippen LogP contribution in [0.1, 0.15) is 52.4 Å². The number of amides is 1. The van der Waals surface area contributed by atoms with E-state index in [4.69, 9.17) is 4.74 Å². The Hall–Kier alpha value is -0.830. The van der Waals surface area contributed by atoms with Gasteiger partial charge in [0.15, 0.2) is 0 Å². The lowest BCUT2D eigenvalue weighted by Crippen LogP contribution is -2.57. The summed E-state index contributed by atoms with van der Waals surface area (Å²) in [6, 6.07) is 0. The van der Waals surface area contributed by atoms with Gasteiger partial charge in [-0.2, -0.15) is 0 Å². The van der Waals surface area contributed by atoms with Crippen molar-refractivity contribution in [1.82, 2.24) is 5.32 Å². The maximum Gasteiger partial charge on any atom is 0.226 e. The average Bonchev–Trinajstić information content (AvgIpc) is 2.34. The van der Waals surface area contributed by atoms with Gasteiger partial charge in [-0.15, -0.1) is 0 Å². The highest BCUT2D eigenvalue weighted by atomic mass is 16.5. The van der Waals surface area contributed by atoms with E-state index in [1.54, 1.807) is 0 Å². The molecule has 0 radical (unpaired) electrons. The fraction of sp³-hybridized carbons (Fsp3) is 0.833. The lowest BCUT2D eigenvalue weighted by Gasteiger charge is -2.60. The Bertz CT molecular complexity index is 428. The second kappa shape index (κ2) is 5.42. The second-order valence-electron chi connectivity index (χ2n) is 8.32. The minimum absolute atomic E-state index is 0.0623. The molecule has 4 aliphatic rings. The summed E-state index contributed by atoms with van der Waals surface area (Å²) in [5.74, 6) is 1.88. The quantitative estimate of drug-likeness (QED) is 0.602. The van der Waals surface area contributed by atoms with Crippen molar-refractivity contribution in [3.8, 4) is 0 Å². The summed E-state index contributed by atoms with van der Waals surface area (Å²) < 4.78 is 5.47. The molecule has 1 amide bonds. The third-order valence-electron chi connectivity index (χ3n) is 5.72. The van der Waals surface area contributed by atoms with Crippen molar-refractivity contribution in [3.05, 3.63) is 12.2 Å². The normalized spacial score (nSPS) is 40.3. The van der Waals surface area contributed by atoms with Gasteiger partial charge in [0.2, 0.25) is 5.91 Å². The monoisotopic (exact) mass is 291 g/mol. The van der Waals surface area contributed by atoms with Gasteiger partial charge in [0.25, 0.3) is 0 Å². The van der Waals surface area contributed by atoms with E-state index >= 15 is 0 Å². The third-order valence-corrected chi connectivity index (χ3v) is 5.72. The highest BCUT2D eigenvalue weighted by Gasteiger charge is 2.58. The largest absolute Gasteiger partial charge is 0.375 e. The van der Waals surface area contributed by atoms with Crippen molar-refractivity contribution in [2.24, 2.45) is 22.7 Å². The van der Waals surface area contributed by atoms with Crippen LogP contribution in [-0.2, 0) is 9.53 Å². The summed E-state index contributed by atoms with van der Waals surface area (Å²) in [6.07, 6.45) is 7.41. The molecule has 2 atom stereocenters. The van der Waals surface area contributed by atoms with E-state index in [0.717, 1.165) is 36.7 Å². The number of rotatable bonds is 6. The molecule has 2 unspecified atom stereocenters. The molecule has 1 N–H and O–H groups in total. The van der Waals surface area contributed by atoms with E-state index in [2.05, 4.69) is 18.8 Å². The molecule has 0 saturated heterocycles. The molecule has 4 bridgehead atoms. The Morgan fingerprint density at radius 2 is 1.95 bits per heavy atom. The molecule has 4 saturated carbocycles. The topological polar surface area (TPSA) is 38.3 Å². The zero-order valence-electron chi connectivity index (χ0n) is 13.5. The Labute approximate surface area is 128 Å². The van der Waals surface area contributed by atoms with E-state index in [1.807, 2.05) is 6.92 Å². The van der Waals surface area contributed by atoms with Crippen molar-refractivity contribution in [3.63, 3.8) is 0 Å². The first-order chi connectivity index (χ1) is 9.91. The van der Waals surface area contributed by atoms with Crippen molar-refractivity contribution in [2.45, 2.75) is 52.4 Å². The zero-order valence-corrected chi connectivity index (χ0v) is 13.5. The molecule has 0 aromatic carbocycles. The van der Waals surface area contributed by atoms with E-state index in [9.17, 15) is 4.79 Å². The first-order valence-electron chi connectivity index (χ1n) is 8.41. The molecule has 3 nitrogen and oxygen atoms in total. The molecule has 0 aromatic heterocycles. The lowest BCUT2D eigenvalue weighted by molar-refractivity contribution is -0.155. The first kappa shape index (κ1) is 15.1. The fourth-order valence-electron chi connectivity index (χ4n) is 5.66. The van der Waals surface area contributed by atoms with Gasteiger partial charge >= 0.3 is 0 Å². The molecule has 21 heavy (non-hydrogen) atoms. The summed E-state index contributed by atoms with van der Waals surface area (Å²) in [4.78, 5) is 12.8. The Morgan fingerprint density at radius 3 is 2.52 bits per heavy atom. The van der Waals surface area contributed by atoms with Gasteiger partial charge in [-0.25, -0.2) is 0 Å². The van der Waals surface area contributed by atoms with Crippen LogP contribution in [0.2, 0.25) is 0 Å². The zero-order chi connectivity index (χ0) is 15.1. The van der Waals surface area contributed by atoms with Crippen LogP contribution in [0.5, 0.6) is 0 Å². The van der Waals surface area contributed by atoms with Crippen LogP contribution >= 0.6 is 0 Å².